The molecule has 0 amide bonds. The standard InChI is InChI=1S/C18H14Br2/c19-17-7-3-6-16(12-17)18(20)11-13-8-9-14-4-1-2-5-15(14)10-13/h1-10,12,18H,11H2. The lowest BCUT2D eigenvalue weighted by atomic mass is 10.0. The molecule has 0 spiro atoms. The largest absolute Gasteiger partial charge is 0.0835 e. The molecule has 0 nitrogen and oxygen atoms in total. The van der Waals surface area contributed by atoms with E-state index in [0.29, 0.717) is 4.83 Å². The first kappa shape index (κ1) is 13.8. The van der Waals surface area contributed by atoms with E-state index in [2.05, 4.69) is 98.6 Å². The van der Waals surface area contributed by atoms with E-state index in [-0.39, 0.29) is 0 Å². The van der Waals surface area contributed by atoms with E-state index in [0.717, 1.165) is 10.9 Å². The monoisotopic (exact) mass is 388 g/mol. The molecule has 0 radical (unpaired) electrons. The lowest BCUT2D eigenvalue weighted by Crippen LogP contribution is -1.95. The molecule has 20 heavy (non-hydrogen) atoms. The van der Waals surface area contributed by atoms with Crippen LogP contribution < -0.4 is 0 Å². The van der Waals surface area contributed by atoms with Gasteiger partial charge in [0.2, 0.25) is 0 Å². The Balaban J connectivity index is 1.85. The van der Waals surface area contributed by atoms with Crippen molar-refractivity contribution in [2.45, 2.75) is 11.2 Å². The SMILES string of the molecule is Brc1cccc(C(Br)Cc2ccc3ccccc3c2)c1. The molecule has 0 saturated heterocycles. The molecule has 0 aromatic heterocycles. The number of halogens is 2. The summed E-state index contributed by atoms with van der Waals surface area (Å²) in [6.07, 6.45) is 0.987. The Morgan fingerprint density at radius 2 is 1.60 bits per heavy atom. The molecule has 100 valence electrons. The van der Waals surface area contributed by atoms with Gasteiger partial charge in [-0.1, -0.05) is 86.5 Å². The Morgan fingerprint density at radius 1 is 0.800 bits per heavy atom. The molecule has 1 unspecified atom stereocenters. The van der Waals surface area contributed by atoms with Crippen LogP contribution in [0.4, 0.5) is 0 Å². The highest BCUT2D eigenvalue weighted by molar-refractivity contribution is 9.10. The summed E-state index contributed by atoms with van der Waals surface area (Å²) < 4.78 is 1.12. The number of hydrogen-bond donors (Lipinski definition) is 0. The minimum atomic E-state index is 0.334. The van der Waals surface area contributed by atoms with Gasteiger partial charge in [0.1, 0.15) is 0 Å². The Kier molecular flexibility index (Phi) is 4.23. The summed E-state index contributed by atoms with van der Waals surface area (Å²) >= 11 is 7.33. The van der Waals surface area contributed by atoms with Gasteiger partial charge in [-0.3, -0.25) is 0 Å². The van der Waals surface area contributed by atoms with Gasteiger partial charge in [0, 0.05) is 9.30 Å². The van der Waals surface area contributed by atoms with Crippen LogP contribution in [-0.2, 0) is 6.42 Å². The summed E-state index contributed by atoms with van der Waals surface area (Å²) in [5.41, 5.74) is 2.65. The van der Waals surface area contributed by atoms with Crippen LogP contribution in [-0.4, -0.2) is 0 Å². The molecule has 0 bridgehead atoms. The minimum Gasteiger partial charge on any atom is -0.0835 e. The molecule has 0 aliphatic heterocycles. The molecule has 1 atom stereocenters. The molecular formula is C18H14Br2. The van der Waals surface area contributed by atoms with Crippen LogP contribution in [0.25, 0.3) is 10.8 Å². The van der Waals surface area contributed by atoms with Gasteiger partial charge in [-0.15, -0.1) is 0 Å². The molecule has 3 aromatic rings. The van der Waals surface area contributed by atoms with Crippen LogP contribution in [0, 0.1) is 0 Å². The van der Waals surface area contributed by atoms with Crippen molar-refractivity contribution in [1.29, 1.82) is 0 Å². The molecule has 3 rings (SSSR count). The quantitative estimate of drug-likeness (QED) is 0.462. The maximum atomic E-state index is 3.80. The van der Waals surface area contributed by atoms with E-state index in [1.165, 1.54) is 21.9 Å². The number of alkyl halides is 1. The third kappa shape index (κ3) is 3.13. The van der Waals surface area contributed by atoms with Crippen LogP contribution in [0.2, 0.25) is 0 Å². The molecule has 2 heteroatoms. The number of benzene rings is 3. The van der Waals surface area contributed by atoms with E-state index in [1.807, 2.05) is 0 Å². The molecule has 0 fully saturated rings. The third-order valence-electron chi connectivity index (χ3n) is 3.44. The fraction of sp³-hybridized carbons (Fsp3) is 0.111. The molecule has 0 saturated carbocycles. The number of hydrogen-bond acceptors (Lipinski definition) is 0. The third-order valence-corrected chi connectivity index (χ3v) is 4.78. The van der Waals surface area contributed by atoms with Gasteiger partial charge < -0.3 is 0 Å². The molecule has 0 heterocycles. The highest BCUT2D eigenvalue weighted by Crippen LogP contribution is 2.29. The van der Waals surface area contributed by atoms with Gasteiger partial charge in [0.05, 0.1) is 0 Å². The summed E-state index contributed by atoms with van der Waals surface area (Å²) in [6.45, 7) is 0. The van der Waals surface area contributed by atoms with Gasteiger partial charge in [-0.05, 0) is 40.5 Å². The predicted octanol–water partition coefficient (Wildman–Crippen LogP) is 6.28. The number of rotatable bonds is 3. The molecule has 3 aromatic carbocycles. The molecule has 0 aliphatic carbocycles. The maximum absolute atomic E-state index is 3.80. The highest BCUT2D eigenvalue weighted by Gasteiger charge is 2.09. The summed E-state index contributed by atoms with van der Waals surface area (Å²) in [5, 5.41) is 2.60. The first-order valence-corrected chi connectivity index (χ1v) is 8.30. The van der Waals surface area contributed by atoms with Crippen LogP contribution in [0.5, 0.6) is 0 Å². The van der Waals surface area contributed by atoms with Crippen LogP contribution in [0.1, 0.15) is 16.0 Å². The van der Waals surface area contributed by atoms with Gasteiger partial charge in [0.25, 0.3) is 0 Å². The first-order valence-electron chi connectivity index (χ1n) is 6.59. The fourth-order valence-electron chi connectivity index (χ4n) is 2.39. The lowest BCUT2D eigenvalue weighted by molar-refractivity contribution is 0.950. The highest BCUT2D eigenvalue weighted by atomic mass is 79.9. The van der Waals surface area contributed by atoms with Crippen LogP contribution in [0.3, 0.4) is 0 Å². The van der Waals surface area contributed by atoms with Gasteiger partial charge in [0.15, 0.2) is 0 Å². The summed E-state index contributed by atoms with van der Waals surface area (Å²) in [7, 11) is 0. The Hall–Kier alpha value is -1.12. The molecule has 0 N–H and O–H groups in total. The van der Waals surface area contributed by atoms with Crippen molar-refractivity contribution < 1.29 is 0 Å². The van der Waals surface area contributed by atoms with E-state index >= 15 is 0 Å². The average Bonchev–Trinajstić information content (AvgIpc) is 2.47. The van der Waals surface area contributed by atoms with Gasteiger partial charge >= 0.3 is 0 Å². The first-order chi connectivity index (χ1) is 9.72. The second kappa shape index (κ2) is 6.11. The smallest absolute Gasteiger partial charge is 0.0436 e. The minimum absolute atomic E-state index is 0.334. The topological polar surface area (TPSA) is 0 Å². The van der Waals surface area contributed by atoms with E-state index in [4.69, 9.17) is 0 Å². The van der Waals surface area contributed by atoms with Crippen molar-refractivity contribution in [1.82, 2.24) is 0 Å². The lowest BCUT2D eigenvalue weighted by Gasteiger charge is -2.11. The Labute approximate surface area is 136 Å². The number of fused-ring (bicyclic) bond motifs is 1. The van der Waals surface area contributed by atoms with Crippen molar-refractivity contribution in [2.75, 3.05) is 0 Å². The fourth-order valence-corrected chi connectivity index (χ4v) is 3.47. The zero-order chi connectivity index (χ0) is 13.9. The van der Waals surface area contributed by atoms with E-state index in [1.54, 1.807) is 0 Å². The van der Waals surface area contributed by atoms with E-state index < -0.39 is 0 Å². The molecular weight excluding hydrogens is 376 g/mol. The zero-order valence-electron chi connectivity index (χ0n) is 10.9. The Bertz CT molecular complexity index is 734. The maximum Gasteiger partial charge on any atom is 0.0436 e. The molecule has 0 aliphatic rings. The Morgan fingerprint density at radius 3 is 2.40 bits per heavy atom. The normalized spacial score (nSPS) is 12.5. The van der Waals surface area contributed by atoms with Crippen molar-refractivity contribution in [3.63, 3.8) is 0 Å². The second-order valence-corrected chi connectivity index (χ2v) is 6.93. The second-order valence-electron chi connectivity index (χ2n) is 4.91. The van der Waals surface area contributed by atoms with Gasteiger partial charge in [-0.2, -0.15) is 0 Å². The van der Waals surface area contributed by atoms with Crippen molar-refractivity contribution in [2.24, 2.45) is 0 Å². The zero-order valence-corrected chi connectivity index (χ0v) is 14.1. The van der Waals surface area contributed by atoms with Crippen molar-refractivity contribution >= 4 is 42.6 Å². The van der Waals surface area contributed by atoms with Gasteiger partial charge in [-0.25, -0.2) is 0 Å². The van der Waals surface area contributed by atoms with E-state index in [9.17, 15) is 0 Å². The average molecular weight is 390 g/mol. The van der Waals surface area contributed by atoms with Crippen LogP contribution >= 0.6 is 31.9 Å². The summed E-state index contributed by atoms with van der Waals surface area (Å²) in [4.78, 5) is 0.334. The van der Waals surface area contributed by atoms with Crippen LogP contribution in [0.15, 0.2) is 71.2 Å². The predicted molar refractivity (Wildman–Crippen MR) is 93.5 cm³/mol. The van der Waals surface area contributed by atoms with Crippen molar-refractivity contribution in [3.05, 3.63) is 82.3 Å². The summed E-state index contributed by atoms with van der Waals surface area (Å²) in [5.74, 6) is 0. The summed E-state index contributed by atoms with van der Waals surface area (Å²) in [6, 6.07) is 23.6. The van der Waals surface area contributed by atoms with Crippen molar-refractivity contribution in [3.8, 4) is 0 Å².